The molecule has 0 heterocycles. The number of ether oxygens (including phenoxy) is 1. The average molecular weight is 208 g/mol. The molecule has 0 spiro atoms. The van der Waals surface area contributed by atoms with Gasteiger partial charge < -0.3 is 4.74 Å². The van der Waals surface area contributed by atoms with E-state index in [2.05, 4.69) is 4.74 Å². The van der Waals surface area contributed by atoms with Crippen molar-refractivity contribution < 1.29 is 35.9 Å². The van der Waals surface area contributed by atoms with E-state index in [9.17, 15) is 31.1 Å². The summed E-state index contributed by atoms with van der Waals surface area (Å²) >= 11 is 0. The molecule has 0 radical (unpaired) electrons. The minimum atomic E-state index is -5.31. The molecule has 0 N–H and O–H groups in total. The van der Waals surface area contributed by atoms with E-state index in [4.69, 9.17) is 0 Å². The minimum Gasteiger partial charge on any atom is -0.451 e. The first-order valence-electron chi connectivity index (χ1n) is 2.68. The van der Waals surface area contributed by atoms with E-state index in [1.54, 1.807) is 0 Å². The van der Waals surface area contributed by atoms with Gasteiger partial charge in [0.1, 0.15) is 6.61 Å². The maximum atomic E-state index is 11.8. The van der Waals surface area contributed by atoms with Crippen LogP contribution in [0.5, 0.6) is 0 Å². The van der Waals surface area contributed by atoms with Crippen molar-refractivity contribution in [3.63, 3.8) is 0 Å². The Labute approximate surface area is 67.8 Å². The molecule has 2 nitrogen and oxygen atoms in total. The van der Waals surface area contributed by atoms with Crippen molar-refractivity contribution in [3.8, 4) is 0 Å². The Balaban J connectivity index is 4.07. The molecular formula is C5H2F6O2. The van der Waals surface area contributed by atoms with Crippen molar-refractivity contribution in [1.29, 1.82) is 0 Å². The van der Waals surface area contributed by atoms with Gasteiger partial charge in [0.25, 0.3) is 0 Å². The summed E-state index contributed by atoms with van der Waals surface area (Å²) in [5.41, 5.74) is 0. The number of rotatable bonds is 2. The van der Waals surface area contributed by atoms with Crippen LogP contribution in [-0.2, 0) is 9.53 Å². The molecule has 0 bridgehead atoms. The molecule has 0 amide bonds. The van der Waals surface area contributed by atoms with Gasteiger partial charge in [-0.25, -0.2) is 9.18 Å². The van der Waals surface area contributed by atoms with Crippen LogP contribution < -0.4 is 0 Å². The molecule has 0 aromatic heterocycles. The van der Waals surface area contributed by atoms with Crippen molar-refractivity contribution in [1.82, 2.24) is 0 Å². The van der Waals surface area contributed by atoms with Crippen LogP contribution in [0.3, 0.4) is 0 Å². The van der Waals surface area contributed by atoms with Gasteiger partial charge in [-0.15, -0.1) is 0 Å². The molecule has 0 aliphatic heterocycles. The summed E-state index contributed by atoms with van der Waals surface area (Å²) in [6, 6.07) is 0. The molecule has 8 heteroatoms. The Morgan fingerprint density at radius 3 is 1.92 bits per heavy atom. The van der Waals surface area contributed by atoms with E-state index in [0.29, 0.717) is 0 Å². The van der Waals surface area contributed by atoms with E-state index in [0.717, 1.165) is 0 Å². The van der Waals surface area contributed by atoms with Gasteiger partial charge in [-0.3, -0.25) is 0 Å². The summed E-state index contributed by atoms with van der Waals surface area (Å²) in [6.45, 7) is -1.72. The Bertz CT molecular complexity index is 226. The number of hydrogen-bond donors (Lipinski definition) is 0. The third-order valence-electron chi connectivity index (χ3n) is 0.767. The van der Waals surface area contributed by atoms with Crippen LogP contribution in [0.4, 0.5) is 26.3 Å². The van der Waals surface area contributed by atoms with Gasteiger partial charge in [-0.05, 0) is 0 Å². The Kier molecular flexibility index (Phi) is 3.76. The summed E-state index contributed by atoms with van der Waals surface area (Å²) in [4.78, 5) is 9.81. The zero-order valence-electron chi connectivity index (χ0n) is 5.79. The SMILES string of the molecule is O=C(OCC(F)=C(F)F)C(F)(F)F. The zero-order valence-corrected chi connectivity index (χ0v) is 5.79. The zero-order chi connectivity index (χ0) is 10.6. The number of carbonyl (C=O) groups excluding carboxylic acids is 1. The molecule has 0 aliphatic rings. The predicted octanol–water partition coefficient (Wildman–Crippen LogP) is 2.17. The molecule has 0 unspecified atom stereocenters. The molecule has 0 aliphatic carbocycles. The first-order chi connectivity index (χ1) is 5.75. The molecule has 0 aromatic rings. The molecule has 0 fully saturated rings. The van der Waals surface area contributed by atoms with Crippen molar-refractivity contribution in [2.75, 3.05) is 6.61 Å². The van der Waals surface area contributed by atoms with Crippen LogP contribution in [-0.4, -0.2) is 18.8 Å². The number of halogens is 6. The van der Waals surface area contributed by atoms with Crippen LogP contribution >= 0.6 is 0 Å². The van der Waals surface area contributed by atoms with Crippen LogP contribution in [0.25, 0.3) is 0 Å². The first kappa shape index (κ1) is 11.8. The Morgan fingerprint density at radius 2 is 1.62 bits per heavy atom. The summed E-state index contributed by atoms with van der Waals surface area (Å²) in [7, 11) is 0. The number of carbonyl (C=O) groups is 1. The molecule has 0 aromatic carbocycles. The van der Waals surface area contributed by atoms with Crippen molar-refractivity contribution in [2.45, 2.75) is 6.18 Å². The maximum Gasteiger partial charge on any atom is 0.490 e. The van der Waals surface area contributed by atoms with Gasteiger partial charge in [0.2, 0.25) is 5.83 Å². The molecule has 76 valence electrons. The van der Waals surface area contributed by atoms with Crippen LogP contribution in [0.1, 0.15) is 0 Å². The van der Waals surface area contributed by atoms with E-state index in [1.165, 1.54) is 0 Å². The number of alkyl halides is 3. The second kappa shape index (κ2) is 4.15. The normalized spacial score (nSPS) is 10.9. The standard InChI is InChI=1S/C5H2F6O2/c6-2(3(7)8)1-13-4(12)5(9,10)11/h1H2. The predicted molar refractivity (Wildman–Crippen MR) is 27.4 cm³/mol. The van der Waals surface area contributed by atoms with Gasteiger partial charge in [-0.2, -0.15) is 22.0 Å². The smallest absolute Gasteiger partial charge is 0.451 e. The van der Waals surface area contributed by atoms with Crippen LogP contribution in [0.15, 0.2) is 11.9 Å². The fraction of sp³-hybridized carbons (Fsp3) is 0.400. The Morgan fingerprint density at radius 1 is 1.15 bits per heavy atom. The van der Waals surface area contributed by atoms with E-state index in [1.807, 2.05) is 0 Å². The lowest BCUT2D eigenvalue weighted by Crippen LogP contribution is -2.25. The summed E-state index contributed by atoms with van der Waals surface area (Å²) in [6.07, 6.45) is -8.14. The van der Waals surface area contributed by atoms with Gasteiger partial charge in [0, 0.05) is 0 Å². The summed E-state index contributed by atoms with van der Waals surface area (Å²) < 4.78 is 71.2. The third kappa shape index (κ3) is 4.38. The molecule has 0 rings (SSSR count). The lowest BCUT2D eigenvalue weighted by atomic mass is 10.6. The third-order valence-corrected chi connectivity index (χ3v) is 0.767. The average Bonchev–Trinajstić information content (AvgIpc) is 1.97. The second-order valence-electron chi connectivity index (χ2n) is 1.74. The van der Waals surface area contributed by atoms with Gasteiger partial charge >= 0.3 is 18.2 Å². The molecule has 0 saturated carbocycles. The van der Waals surface area contributed by atoms with Gasteiger partial charge in [-0.1, -0.05) is 0 Å². The quantitative estimate of drug-likeness (QED) is 0.513. The van der Waals surface area contributed by atoms with E-state index < -0.39 is 30.7 Å². The monoisotopic (exact) mass is 208 g/mol. The van der Waals surface area contributed by atoms with Crippen molar-refractivity contribution in [2.24, 2.45) is 0 Å². The lowest BCUT2D eigenvalue weighted by Gasteiger charge is -2.04. The highest BCUT2D eigenvalue weighted by atomic mass is 19.4. The fourth-order valence-electron chi connectivity index (χ4n) is 0.265. The molecule has 0 saturated heterocycles. The minimum absolute atomic E-state index is 1.72. The highest BCUT2D eigenvalue weighted by Crippen LogP contribution is 2.18. The highest BCUT2D eigenvalue weighted by molar-refractivity contribution is 5.75. The molecule has 0 atom stereocenters. The second-order valence-corrected chi connectivity index (χ2v) is 1.74. The van der Waals surface area contributed by atoms with E-state index >= 15 is 0 Å². The number of esters is 1. The molecule has 13 heavy (non-hydrogen) atoms. The maximum absolute atomic E-state index is 11.8. The lowest BCUT2D eigenvalue weighted by molar-refractivity contribution is -0.199. The number of hydrogen-bond acceptors (Lipinski definition) is 2. The van der Waals surface area contributed by atoms with Crippen LogP contribution in [0, 0.1) is 0 Å². The van der Waals surface area contributed by atoms with Crippen molar-refractivity contribution >= 4 is 5.97 Å². The highest BCUT2D eigenvalue weighted by Gasteiger charge is 2.41. The Hall–Kier alpha value is -1.21. The fourth-order valence-corrected chi connectivity index (χ4v) is 0.265. The van der Waals surface area contributed by atoms with Gasteiger partial charge in [0.15, 0.2) is 0 Å². The van der Waals surface area contributed by atoms with Crippen LogP contribution in [0.2, 0.25) is 0 Å². The molecular weight excluding hydrogens is 206 g/mol. The topological polar surface area (TPSA) is 26.3 Å². The van der Waals surface area contributed by atoms with Crippen molar-refractivity contribution in [3.05, 3.63) is 11.9 Å². The largest absolute Gasteiger partial charge is 0.490 e. The summed E-state index contributed by atoms with van der Waals surface area (Å²) in [5, 5.41) is 0. The van der Waals surface area contributed by atoms with E-state index in [-0.39, 0.29) is 0 Å². The van der Waals surface area contributed by atoms with Gasteiger partial charge in [0.05, 0.1) is 0 Å². The first-order valence-corrected chi connectivity index (χ1v) is 2.68. The summed E-state index contributed by atoms with van der Waals surface area (Å²) in [5.74, 6) is -4.93.